The zero-order valence-electron chi connectivity index (χ0n) is 14.7. The maximum absolute atomic E-state index is 12.8. The fourth-order valence-corrected chi connectivity index (χ4v) is 2.81. The molecule has 1 saturated heterocycles. The van der Waals surface area contributed by atoms with Crippen LogP contribution in [0.2, 0.25) is 0 Å². The first-order valence-corrected chi connectivity index (χ1v) is 8.37. The molecule has 0 bridgehead atoms. The number of carbonyl (C=O) groups is 1. The van der Waals surface area contributed by atoms with Crippen molar-refractivity contribution in [3.63, 3.8) is 0 Å². The van der Waals surface area contributed by atoms with Crippen LogP contribution in [0, 0.1) is 12.8 Å². The lowest BCUT2D eigenvalue weighted by molar-refractivity contribution is -0.120. The highest BCUT2D eigenvalue weighted by Gasteiger charge is 2.33. The zero-order valence-corrected chi connectivity index (χ0v) is 14.7. The van der Waals surface area contributed by atoms with Gasteiger partial charge in [-0.2, -0.15) is 0 Å². The molecule has 0 aliphatic carbocycles. The minimum Gasteiger partial charge on any atom is -0.471 e. The van der Waals surface area contributed by atoms with E-state index in [1.165, 1.54) is 0 Å². The maximum atomic E-state index is 12.8. The Bertz CT molecular complexity index is 760. The summed E-state index contributed by atoms with van der Waals surface area (Å²) in [6, 6.07) is 3.30. The minimum absolute atomic E-state index is 0.0309. The van der Waals surface area contributed by atoms with E-state index in [9.17, 15) is 13.6 Å². The van der Waals surface area contributed by atoms with E-state index < -0.39 is 12.5 Å². The van der Waals surface area contributed by atoms with Crippen molar-refractivity contribution in [3.8, 4) is 5.88 Å². The molecule has 0 radical (unpaired) electrons. The van der Waals surface area contributed by atoms with Crippen molar-refractivity contribution in [3.05, 3.63) is 42.1 Å². The predicted octanol–water partition coefficient (Wildman–Crippen LogP) is 2.81. The van der Waals surface area contributed by atoms with E-state index in [0.717, 1.165) is 18.9 Å². The van der Waals surface area contributed by atoms with Crippen LogP contribution in [0.4, 0.5) is 14.5 Å². The third kappa shape index (κ3) is 4.50. The van der Waals surface area contributed by atoms with E-state index in [-0.39, 0.29) is 17.7 Å². The van der Waals surface area contributed by atoms with E-state index in [0.29, 0.717) is 24.5 Å². The summed E-state index contributed by atoms with van der Waals surface area (Å²) in [4.78, 5) is 26.6. The molecule has 1 amide bonds. The van der Waals surface area contributed by atoms with Crippen LogP contribution in [0.5, 0.6) is 5.88 Å². The number of halogens is 2. The van der Waals surface area contributed by atoms with Crippen LogP contribution in [-0.2, 0) is 11.2 Å². The number of pyridine rings is 1. The Morgan fingerprint density at radius 1 is 1.23 bits per heavy atom. The summed E-state index contributed by atoms with van der Waals surface area (Å²) in [6.45, 7) is 2.49. The van der Waals surface area contributed by atoms with Gasteiger partial charge in [-0.05, 0) is 25.3 Å². The highest BCUT2D eigenvalue weighted by molar-refractivity contribution is 5.97. The lowest BCUT2D eigenvalue weighted by Crippen LogP contribution is -2.28. The molecule has 1 aliphatic heterocycles. The summed E-state index contributed by atoms with van der Waals surface area (Å²) in [6.07, 6.45) is 6.14. The average molecular weight is 362 g/mol. The van der Waals surface area contributed by atoms with Crippen molar-refractivity contribution in [2.24, 2.45) is 5.92 Å². The second-order valence-corrected chi connectivity index (χ2v) is 6.53. The Balaban J connectivity index is 1.59. The third-order valence-corrected chi connectivity index (χ3v) is 4.15. The van der Waals surface area contributed by atoms with Gasteiger partial charge in [-0.15, -0.1) is 0 Å². The van der Waals surface area contributed by atoms with Gasteiger partial charge in [-0.25, -0.2) is 23.7 Å². The molecule has 6 nitrogen and oxygen atoms in total. The number of anilines is 1. The van der Waals surface area contributed by atoms with Crippen LogP contribution < -0.4 is 9.64 Å². The molecule has 1 atom stereocenters. The molecule has 8 heteroatoms. The van der Waals surface area contributed by atoms with Crippen molar-refractivity contribution in [1.82, 2.24) is 15.0 Å². The van der Waals surface area contributed by atoms with E-state index in [4.69, 9.17) is 4.74 Å². The second-order valence-electron chi connectivity index (χ2n) is 6.53. The van der Waals surface area contributed by atoms with Gasteiger partial charge in [-0.1, -0.05) is 6.07 Å². The smallest absolute Gasteiger partial charge is 0.278 e. The SMILES string of the molecule is Cc1ncc(N2CCC(Cc3ccc(OCC(C)(F)F)nc3)C2=O)cn1. The van der Waals surface area contributed by atoms with Gasteiger partial charge in [-0.3, -0.25) is 4.79 Å². The highest BCUT2D eigenvalue weighted by atomic mass is 19.3. The lowest BCUT2D eigenvalue weighted by Gasteiger charge is -2.16. The fourth-order valence-electron chi connectivity index (χ4n) is 2.81. The van der Waals surface area contributed by atoms with E-state index in [1.807, 2.05) is 0 Å². The van der Waals surface area contributed by atoms with Crippen LogP contribution in [-0.4, -0.2) is 39.9 Å². The molecule has 0 aromatic carbocycles. The Morgan fingerprint density at radius 2 is 1.96 bits per heavy atom. The molecule has 3 heterocycles. The molecule has 1 aliphatic rings. The maximum Gasteiger partial charge on any atom is 0.278 e. The van der Waals surface area contributed by atoms with Crippen LogP contribution in [0.15, 0.2) is 30.7 Å². The third-order valence-electron chi connectivity index (χ3n) is 4.15. The summed E-state index contributed by atoms with van der Waals surface area (Å²) in [5, 5.41) is 0. The topological polar surface area (TPSA) is 68.2 Å². The molecule has 2 aromatic heterocycles. The minimum atomic E-state index is -2.90. The van der Waals surface area contributed by atoms with E-state index in [2.05, 4.69) is 15.0 Å². The standard InChI is InChI=1S/C18H20F2N4O2/c1-12-21-9-15(10-22-12)24-6-5-14(17(24)25)7-13-3-4-16(23-8-13)26-11-18(2,19)20/h3-4,8-10,14H,5-7,11H2,1-2H3. The van der Waals surface area contributed by atoms with Crippen LogP contribution in [0.25, 0.3) is 0 Å². The van der Waals surface area contributed by atoms with Crippen LogP contribution in [0.1, 0.15) is 24.7 Å². The fraction of sp³-hybridized carbons (Fsp3) is 0.444. The largest absolute Gasteiger partial charge is 0.471 e. The molecule has 2 aromatic rings. The number of rotatable bonds is 6. The first-order chi connectivity index (χ1) is 12.3. The van der Waals surface area contributed by atoms with Crippen molar-refractivity contribution in [2.75, 3.05) is 18.1 Å². The van der Waals surface area contributed by atoms with Crippen molar-refractivity contribution < 1.29 is 18.3 Å². The summed E-state index contributed by atoms with van der Waals surface area (Å²) < 4.78 is 30.5. The van der Waals surface area contributed by atoms with E-state index >= 15 is 0 Å². The normalized spacial score (nSPS) is 17.6. The van der Waals surface area contributed by atoms with Gasteiger partial charge in [0.15, 0.2) is 6.61 Å². The first-order valence-electron chi connectivity index (χ1n) is 8.37. The van der Waals surface area contributed by atoms with Crippen LogP contribution >= 0.6 is 0 Å². The Kier molecular flexibility index (Phi) is 5.11. The number of aryl methyl sites for hydroxylation is 1. The van der Waals surface area contributed by atoms with E-state index in [1.54, 1.807) is 42.5 Å². The monoisotopic (exact) mass is 362 g/mol. The van der Waals surface area contributed by atoms with Crippen molar-refractivity contribution in [2.45, 2.75) is 32.6 Å². The molecule has 3 rings (SSSR count). The Hall–Kier alpha value is -2.64. The number of ether oxygens (including phenoxy) is 1. The van der Waals surface area contributed by atoms with Gasteiger partial charge in [0, 0.05) is 31.6 Å². The second kappa shape index (κ2) is 7.31. The molecule has 0 N–H and O–H groups in total. The number of aromatic nitrogens is 3. The molecule has 1 unspecified atom stereocenters. The summed E-state index contributed by atoms with van der Waals surface area (Å²) in [5.41, 5.74) is 1.56. The molecule has 0 spiro atoms. The predicted molar refractivity (Wildman–Crippen MR) is 91.3 cm³/mol. The highest BCUT2D eigenvalue weighted by Crippen LogP contribution is 2.27. The Labute approximate surface area is 150 Å². The molecule has 26 heavy (non-hydrogen) atoms. The number of hydrogen-bond donors (Lipinski definition) is 0. The van der Waals surface area contributed by atoms with Crippen LogP contribution in [0.3, 0.4) is 0 Å². The van der Waals surface area contributed by atoms with Gasteiger partial charge in [0.2, 0.25) is 11.8 Å². The molecule has 138 valence electrons. The van der Waals surface area contributed by atoms with Gasteiger partial charge < -0.3 is 9.64 Å². The number of amides is 1. The number of nitrogens with zero attached hydrogens (tertiary/aromatic N) is 4. The quantitative estimate of drug-likeness (QED) is 0.790. The number of carbonyl (C=O) groups excluding carboxylic acids is 1. The Morgan fingerprint density at radius 3 is 2.58 bits per heavy atom. The van der Waals surface area contributed by atoms with Gasteiger partial charge >= 0.3 is 0 Å². The molecule has 0 saturated carbocycles. The van der Waals surface area contributed by atoms with Crippen molar-refractivity contribution in [1.29, 1.82) is 0 Å². The van der Waals surface area contributed by atoms with Gasteiger partial charge in [0.25, 0.3) is 5.92 Å². The number of hydrogen-bond acceptors (Lipinski definition) is 5. The van der Waals surface area contributed by atoms with Gasteiger partial charge in [0.1, 0.15) is 5.82 Å². The van der Waals surface area contributed by atoms with Gasteiger partial charge in [0.05, 0.1) is 18.1 Å². The number of alkyl halides is 2. The van der Waals surface area contributed by atoms with Crippen molar-refractivity contribution >= 4 is 11.6 Å². The molecular weight excluding hydrogens is 342 g/mol. The summed E-state index contributed by atoms with van der Waals surface area (Å²) in [7, 11) is 0. The zero-order chi connectivity index (χ0) is 18.7. The summed E-state index contributed by atoms with van der Waals surface area (Å²) >= 11 is 0. The average Bonchev–Trinajstić information content (AvgIpc) is 2.95. The summed E-state index contributed by atoms with van der Waals surface area (Å²) in [5.74, 6) is -2.22. The molecule has 1 fully saturated rings. The molecular formula is C18H20F2N4O2. The first kappa shape index (κ1) is 18.2. The lowest BCUT2D eigenvalue weighted by atomic mass is 9.99.